The third-order valence-corrected chi connectivity index (χ3v) is 3.98. The molecule has 1 aliphatic heterocycles. The molecular formula is C17H22N4O2. The van der Waals surface area contributed by atoms with E-state index in [1.54, 1.807) is 10.9 Å². The van der Waals surface area contributed by atoms with E-state index in [-0.39, 0.29) is 12.0 Å². The molecule has 1 fully saturated rings. The van der Waals surface area contributed by atoms with E-state index in [4.69, 9.17) is 4.74 Å². The molecule has 0 bridgehead atoms. The predicted molar refractivity (Wildman–Crippen MR) is 88.9 cm³/mol. The lowest BCUT2D eigenvalue weighted by molar-refractivity contribution is -0.0226. The Balaban J connectivity index is 1.72. The highest BCUT2D eigenvalue weighted by atomic mass is 16.5. The SMILES string of the molecule is CCC1CN(C(=O)c2cccc(Nc3cnn(C)c3)c2)CCO1. The number of carbonyl (C=O) groups excluding carboxylic acids is 1. The first kappa shape index (κ1) is 15.6. The summed E-state index contributed by atoms with van der Waals surface area (Å²) < 4.78 is 7.37. The summed E-state index contributed by atoms with van der Waals surface area (Å²) in [6, 6.07) is 7.57. The normalized spacial score (nSPS) is 18.0. The smallest absolute Gasteiger partial charge is 0.254 e. The van der Waals surface area contributed by atoms with Gasteiger partial charge < -0.3 is 15.0 Å². The maximum Gasteiger partial charge on any atom is 0.254 e. The van der Waals surface area contributed by atoms with Crippen LogP contribution in [0.15, 0.2) is 36.7 Å². The predicted octanol–water partition coefficient (Wildman–Crippen LogP) is 2.41. The van der Waals surface area contributed by atoms with Crippen LogP contribution in [-0.2, 0) is 11.8 Å². The molecule has 23 heavy (non-hydrogen) atoms. The molecule has 1 aliphatic rings. The van der Waals surface area contributed by atoms with Crippen molar-refractivity contribution in [2.45, 2.75) is 19.4 Å². The van der Waals surface area contributed by atoms with Gasteiger partial charge in [0.1, 0.15) is 0 Å². The van der Waals surface area contributed by atoms with Gasteiger partial charge in [0.15, 0.2) is 0 Å². The molecule has 3 rings (SSSR count). The van der Waals surface area contributed by atoms with Crippen LogP contribution in [0, 0.1) is 0 Å². The van der Waals surface area contributed by atoms with E-state index in [0.717, 1.165) is 17.8 Å². The van der Waals surface area contributed by atoms with Crippen molar-refractivity contribution in [3.8, 4) is 0 Å². The van der Waals surface area contributed by atoms with E-state index >= 15 is 0 Å². The molecule has 6 nitrogen and oxygen atoms in total. The topological polar surface area (TPSA) is 59.4 Å². The van der Waals surface area contributed by atoms with Crippen molar-refractivity contribution in [1.82, 2.24) is 14.7 Å². The minimum atomic E-state index is 0.0570. The monoisotopic (exact) mass is 314 g/mol. The van der Waals surface area contributed by atoms with Gasteiger partial charge in [-0.15, -0.1) is 0 Å². The quantitative estimate of drug-likeness (QED) is 0.941. The summed E-state index contributed by atoms with van der Waals surface area (Å²) in [5.74, 6) is 0.0570. The van der Waals surface area contributed by atoms with Crippen molar-refractivity contribution in [3.63, 3.8) is 0 Å². The average Bonchev–Trinajstić information content (AvgIpc) is 2.99. The Bertz CT molecular complexity index is 683. The Hall–Kier alpha value is -2.34. The summed E-state index contributed by atoms with van der Waals surface area (Å²) in [6.45, 7) is 4.00. The molecule has 122 valence electrons. The van der Waals surface area contributed by atoms with Crippen LogP contribution in [0.1, 0.15) is 23.7 Å². The van der Waals surface area contributed by atoms with Crippen molar-refractivity contribution < 1.29 is 9.53 Å². The molecule has 1 N–H and O–H groups in total. The molecule has 1 amide bonds. The number of aromatic nitrogens is 2. The van der Waals surface area contributed by atoms with Gasteiger partial charge in [0.2, 0.25) is 0 Å². The fourth-order valence-corrected chi connectivity index (χ4v) is 2.72. The Labute approximate surface area is 136 Å². The van der Waals surface area contributed by atoms with Crippen LogP contribution >= 0.6 is 0 Å². The van der Waals surface area contributed by atoms with Crippen LogP contribution in [0.25, 0.3) is 0 Å². The first-order chi connectivity index (χ1) is 11.2. The van der Waals surface area contributed by atoms with Gasteiger partial charge in [-0.2, -0.15) is 5.10 Å². The fourth-order valence-electron chi connectivity index (χ4n) is 2.72. The first-order valence-corrected chi connectivity index (χ1v) is 7.92. The molecule has 0 saturated carbocycles. The van der Waals surface area contributed by atoms with E-state index in [0.29, 0.717) is 25.3 Å². The number of aryl methyl sites for hydroxylation is 1. The highest BCUT2D eigenvalue weighted by Gasteiger charge is 2.24. The Kier molecular flexibility index (Phi) is 4.62. The molecule has 1 unspecified atom stereocenters. The van der Waals surface area contributed by atoms with E-state index in [9.17, 15) is 4.79 Å². The number of morpholine rings is 1. The average molecular weight is 314 g/mol. The second kappa shape index (κ2) is 6.83. The molecule has 1 saturated heterocycles. The number of ether oxygens (including phenoxy) is 1. The third-order valence-electron chi connectivity index (χ3n) is 3.98. The highest BCUT2D eigenvalue weighted by Crippen LogP contribution is 2.19. The van der Waals surface area contributed by atoms with E-state index in [1.165, 1.54) is 0 Å². The molecule has 1 atom stereocenters. The van der Waals surface area contributed by atoms with Crippen molar-refractivity contribution in [1.29, 1.82) is 0 Å². The number of amides is 1. The molecule has 1 aromatic heterocycles. The van der Waals surface area contributed by atoms with Crippen molar-refractivity contribution in [2.75, 3.05) is 25.0 Å². The van der Waals surface area contributed by atoms with Crippen LogP contribution in [0.3, 0.4) is 0 Å². The highest BCUT2D eigenvalue weighted by molar-refractivity contribution is 5.95. The second-order valence-electron chi connectivity index (χ2n) is 5.76. The Morgan fingerprint density at radius 3 is 3.04 bits per heavy atom. The molecular weight excluding hydrogens is 292 g/mol. The lowest BCUT2D eigenvalue weighted by atomic mass is 10.1. The number of carbonyl (C=O) groups is 1. The third kappa shape index (κ3) is 3.71. The molecule has 0 aliphatic carbocycles. The van der Waals surface area contributed by atoms with Crippen LogP contribution in [0.2, 0.25) is 0 Å². The summed E-state index contributed by atoms with van der Waals surface area (Å²) in [4.78, 5) is 14.6. The summed E-state index contributed by atoms with van der Waals surface area (Å²) in [5.41, 5.74) is 2.47. The minimum absolute atomic E-state index is 0.0570. The summed E-state index contributed by atoms with van der Waals surface area (Å²) in [5, 5.41) is 7.39. The van der Waals surface area contributed by atoms with Crippen LogP contribution in [0.5, 0.6) is 0 Å². The zero-order valence-electron chi connectivity index (χ0n) is 13.5. The lowest BCUT2D eigenvalue weighted by Gasteiger charge is -2.32. The Morgan fingerprint density at radius 1 is 1.43 bits per heavy atom. The van der Waals surface area contributed by atoms with Crippen LogP contribution < -0.4 is 5.32 Å². The summed E-state index contributed by atoms with van der Waals surface area (Å²) in [6.07, 6.45) is 4.71. The van der Waals surface area contributed by atoms with Gasteiger partial charge in [-0.3, -0.25) is 9.48 Å². The van der Waals surface area contributed by atoms with Crippen molar-refractivity contribution in [2.24, 2.45) is 7.05 Å². The number of nitrogens with zero attached hydrogens (tertiary/aromatic N) is 3. The zero-order chi connectivity index (χ0) is 16.2. The zero-order valence-corrected chi connectivity index (χ0v) is 13.5. The van der Waals surface area contributed by atoms with Gasteiger partial charge in [0.25, 0.3) is 5.91 Å². The molecule has 0 radical (unpaired) electrons. The van der Waals surface area contributed by atoms with Gasteiger partial charge >= 0.3 is 0 Å². The maximum absolute atomic E-state index is 12.7. The maximum atomic E-state index is 12.7. The second-order valence-corrected chi connectivity index (χ2v) is 5.76. The van der Waals surface area contributed by atoms with E-state index in [2.05, 4.69) is 17.3 Å². The summed E-state index contributed by atoms with van der Waals surface area (Å²) in [7, 11) is 1.87. The van der Waals surface area contributed by atoms with Crippen molar-refractivity contribution >= 4 is 17.3 Å². The number of benzene rings is 1. The number of nitrogens with one attached hydrogen (secondary N) is 1. The number of rotatable bonds is 4. The van der Waals surface area contributed by atoms with Gasteiger partial charge in [-0.25, -0.2) is 0 Å². The van der Waals surface area contributed by atoms with Gasteiger partial charge in [-0.05, 0) is 24.6 Å². The van der Waals surface area contributed by atoms with E-state index < -0.39 is 0 Å². The molecule has 1 aromatic carbocycles. The minimum Gasteiger partial charge on any atom is -0.375 e. The number of hydrogen-bond acceptors (Lipinski definition) is 4. The van der Waals surface area contributed by atoms with E-state index in [1.807, 2.05) is 42.4 Å². The molecule has 2 aromatic rings. The molecule has 2 heterocycles. The number of hydrogen-bond donors (Lipinski definition) is 1. The molecule has 0 spiro atoms. The Morgan fingerprint density at radius 2 is 2.30 bits per heavy atom. The summed E-state index contributed by atoms with van der Waals surface area (Å²) >= 11 is 0. The van der Waals surface area contributed by atoms with Gasteiger partial charge in [-0.1, -0.05) is 13.0 Å². The van der Waals surface area contributed by atoms with Gasteiger partial charge in [0, 0.05) is 37.6 Å². The first-order valence-electron chi connectivity index (χ1n) is 7.92. The van der Waals surface area contributed by atoms with Crippen LogP contribution in [-0.4, -0.2) is 46.4 Å². The van der Waals surface area contributed by atoms with Crippen LogP contribution in [0.4, 0.5) is 11.4 Å². The molecule has 6 heteroatoms. The number of anilines is 2. The fraction of sp³-hybridized carbons (Fsp3) is 0.412. The standard InChI is InChI=1S/C17H22N4O2/c1-3-16-12-21(7-8-23-16)17(22)13-5-4-6-14(9-13)19-15-10-18-20(2)11-15/h4-6,9-11,16,19H,3,7-8,12H2,1-2H3. The van der Waals surface area contributed by atoms with Crippen molar-refractivity contribution in [3.05, 3.63) is 42.2 Å². The largest absolute Gasteiger partial charge is 0.375 e. The lowest BCUT2D eigenvalue weighted by Crippen LogP contribution is -2.45. The van der Waals surface area contributed by atoms with Gasteiger partial charge in [0.05, 0.1) is 24.6 Å².